The highest BCUT2D eigenvalue weighted by molar-refractivity contribution is 9.10. The molecule has 2 atom stereocenters. The van der Waals surface area contributed by atoms with Crippen molar-refractivity contribution >= 4 is 50.1 Å². The highest BCUT2D eigenvalue weighted by Gasteiger charge is 2.19. The number of morpholine rings is 1. The SMILES string of the molecule is C[C@H](NC(=O)CCc1nc2cccnc2n1Cc1ccc(F)c(F)c1)c1ccc(Br)cc1.C[C@H](NC(=O)CCc1nc2cccnc2n1Cc1ccc(F)c(F)c1)c1ccc(CN2CCOCC2)cc1. The third kappa shape index (κ3) is 12.9. The quantitative estimate of drug-likeness (QED) is 0.0916. The summed E-state index contributed by atoms with van der Waals surface area (Å²) >= 11 is 3.41. The van der Waals surface area contributed by atoms with Crippen LogP contribution in [0.3, 0.4) is 0 Å². The van der Waals surface area contributed by atoms with Crippen LogP contribution >= 0.6 is 15.9 Å². The standard InChI is InChI=1S/C29H31F2N5O2.C24H21BrF2N4O/c1-20(23-7-4-21(5-8-23)18-35-13-15-38-16-14-35)33-28(37)11-10-27-34-26-3-2-12-32-29(26)36(27)19-22-6-9-24(30)25(31)17-22;1-15(17-5-7-18(25)8-6-17)29-23(32)11-10-22-30-21-3-2-12-28-24(21)31(22)14-16-4-9-19(26)20(27)13-16/h2-9,12,17,20H,10-11,13-16,18-19H2,1H3,(H,33,37);2-9,12-13,15H,10-11,14H2,1H3,(H,29,32)/t20-;15-/m00/s1. The van der Waals surface area contributed by atoms with Crippen molar-refractivity contribution < 1.29 is 31.9 Å². The van der Waals surface area contributed by atoms with Gasteiger partial charge < -0.3 is 24.5 Å². The van der Waals surface area contributed by atoms with Gasteiger partial charge in [0, 0.05) is 62.2 Å². The second kappa shape index (κ2) is 23.2. The van der Waals surface area contributed by atoms with Gasteiger partial charge in [0.15, 0.2) is 34.6 Å². The fourth-order valence-corrected chi connectivity index (χ4v) is 8.56. The topological polar surface area (TPSA) is 132 Å². The lowest BCUT2D eigenvalue weighted by atomic mass is 10.1. The van der Waals surface area contributed by atoms with Crippen LogP contribution in [-0.2, 0) is 46.8 Å². The lowest BCUT2D eigenvalue weighted by Crippen LogP contribution is -2.35. The largest absolute Gasteiger partial charge is 0.379 e. The van der Waals surface area contributed by atoms with Crippen molar-refractivity contribution in [3.05, 3.63) is 189 Å². The number of nitrogens with one attached hydrogen (secondary N) is 2. The molecule has 1 fully saturated rings. The summed E-state index contributed by atoms with van der Waals surface area (Å²) in [5.74, 6) is -2.44. The van der Waals surface area contributed by atoms with Crippen molar-refractivity contribution in [3.8, 4) is 0 Å². The fourth-order valence-electron chi connectivity index (χ4n) is 8.29. The normalized spacial score (nSPS) is 13.7. The average Bonchev–Trinajstić information content (AvgIpc) is 3.90. The molecule has 2 amide bonds. The number of carbonyl (C=O) groups is 2. The second-order valence-corrected chi connectivity index (χ2v) is 18.1. The van der Waals surface area contributed by atoms with E-state index in [1.54, 1.807) is 24.5 Å². The van der Waals surface area contributed by atoms with E-state index in [9.17, 15) is 27.2 Å². The van der Waals surface area contributed by atoms with Crippen LogP contribution in [0.15, 0.2) is 126 Å². The molecular weight excluding hydrogens is 967 g/mol. The first kappa shape index (κ1) is 49.6. The van der Waals surface area contributed by atoms with Gasteiger partial charge >= 0.3 is 0 Å². The van der Waals surface area contributed by atoms with Crippen LogP contribution in [0.2, 0.25) is 0 Å². The Balaban J connectivity index is 0.000000191. The zero-order chi connectivity index (χ0) is 49.1. The molecule has 0 saturated carbocycles. The van der Waals surface area contributed by atoms with Gasteiger partial charge in [-0.15, -0.1) is 0 Å². The van der Waals surface area contributed by atoms with Crippen LogP contribution in [0.4, 0.5) is 17.6 Å². The average molecular weight is 1020 g/mol. The van der Waals surface area contributed by atoms with Crippen LogP contribution in [0.25, 0.3) is 22.3 Å². The molecule has 362 valence electrons. The molecule has 1 saturated heterocycles. The number of hydrogen-bond acceptors (Lipinski definition) is 8. The zero-order valence-corrected chi connectivity index (χ0v) is 40.3. The number of aryl methyl sites for hydroxylation is 2. The molecule has 1 aliphatic rings. The number of pyridine rings is 2. The predicted molar refractivity (Wildman–Crippen MR) is 262 cm³/mol. The first-order valence-electron chi connectivity index (χ1n) is 23.1. The van der Waals surface area contributed by atoms with Gasteiger partial charge in [0.1, 0.15) is 22.7 Å². The van der Waals surface area contributed by atoms with Crippen molar-refractivity contribution in [1.82, 2.24) is 44.6 Å². The van der Waals surface area contributed by atoms with Gasteiger partial charge in [-0.2, -0.15) is 0 Å². The van der Waals surface area contributed by atoms with E-state index in [2.05, 4.69) is 75.7 Å². The van der Waals surface area contributed by atoms with Crippen molar-refractivity contribution in [2.24, 2.45) is 0 Å². The third-order valence-electron chi connectivity index (χ3n) is 12.1. The first-order valence-corrected chi connectivity index (χ1v) is 23.9. The van der Waals surface area contributed by atoms with Crippen LogP contribution in [0.1, 0.15) is 78.2 Å². The summed E-state index contributed by atoms with van der Waals surface area (Å²) < 4.78 is 64.3. The van der Waals surface area contributed by atoms with Crippen molar-refractivity contribution in [2.75, 3.05) is 26.3 Å². The minimum absolute atomic E-state index is 0.0886. The zero-order valence-electron chi connectivity index (χ0n) is 38.7. The van der Waals surface area contributed by atoms with Gasteiger partial charge in [-0.05, 0) is 102 Å². The van der Waals surface area contributed by atoms with Crippen molar-refractivity contribution in [2.45, 2.75) is 71.2 Å². The number of rotatable bonds is 16. The molecule has 5 heterocycles. The summed E-state index contributed by atoms with van der Waals surface area (Å²) in [5.41, 5.74) is 7.12. The van der Waals surface area contributed by atoms with Gasteiger partial charge in [-0.3, -0.25) is 14.5 Å². The Kier molecular flexibility index (Phi) is 16.4. The molecule has 12 nitrogen and oxygen atoms in total. The van der Waals surface area contributed by atoms with Gasteiger partial charge in [0.25, 0.3) is 0 Å². The monoisotopic (exact) mass is 1020 g/mol. The minimum atomic E-state index is -0.900. The highest BCUT2D eigenvalue weighted by atomic mass is 79.9. The molecule has 8 aromatic rings. The molecule has 1 aliphatic heterocycles. The van der Waals surface area contributed by atoms with E-state index < -0.39 is 23.3 Å². The molecular formula is C53H52BrF4N9O3. The molecule has 0 bridgehead atoms. The number of hydrogen-bond donors (Lipinski definition) is 2. The van der Waals surface area contributed by atoms with E-state index in [1.165, 1.54) is 29.8 Å². The molecule has 17 heteroatoms. The van der Waals surface area contributed by atoms with E-state index in [0.29, 0.717) is 57.9 Å². The summed E-state index contributed by atoms with van der Waals surface area (Å²) in [6, 6.07) is 30.8. The number of nitrogens with zero attached hydrogens (tertiary/aromatic N) is 7. The van der Waals surface area contributed by atoms with Crippen molar-refractivity contribution in [1.29, 1.82) is 0 Å². The Labute approximate surface area is 411 Å². The Bertz CT molecular complexity index is 3070. The van der Waals surface area contributed by atoms with E-state index in [1.807, 2.05) is 59.4 Å². The summed E-state index contributed by atoms with van der Waals surface area (Å²) in [6.07, 6.45) is 4.57. The van der Waals surface area contributed by atoms with Gasteiger partial charge in [-0.25, -0.2) is 37.5 Å². The predicted octanol–water partition coefficient (Wildman–Crippen LogP) is 9.73. The lowest BCUT2D eigenvalue weighted by Gasteiger charge is -2.26. The van der Waals surface area contributed by atoms with Crippen LogP contribution in [0, 0.1) is 23.3 Å². The van der Waals surface area contributed by atoms with E-state index >= 15 is 0 Å². The Hall–Kier alpha value is -6.82. The summed E-state index contributed by atoms with van der Waals surface area (Å²) in [5, 5.41) is 6.08. The molecule has 0 unspecified atom stereocenters. The highest BCUT2D eigenvalue weighted by Crippen LogP contribution is 2.22. The Morgan fingerprint density at radius 3 is 1.50 bits per heavy atom. The number of amides is 2. The summed E-state index contributed by atoms with van der Waals surface area (Å²) in [6.45, 7) is 8.78. The number of aromatic nitrogens is 6. The van der Waals surface area contributed by atoms with Crippen molar-refractivity contribution in [3.63, 3.8) is 0 Å². The Morgan fingerprint density at radius 1 is 0.600 bits per heavy atom. The number of ether oxygens (including phenoxy) is 1. The molecule has 70 heavy (non-hydrogen) atoms. The number of benzene rings is 4. The maximum absolute atomic E-state index is 13.8. The molecule has 2 N–H and O–H groups in total. The maximum atomic E-state index is 13.8. The number of carbonyl (C=O) groups excluding carboxylic acids is 2. The molecule has 0 radical (unpaired) electrons. The van der Waals surface area contributed by atoms with Gasteiger partial charge in [-0.1, -0.05) is 64.5 Å². The number of fused-ring (bicyclic) bond motifs is 2. The fraction of sp³-hybridized carbons (Fsp3) is 0.283. The van der Waals surface area contributed by atoms with E-state index in [4.69, 9.17) is 4.74 Å². The summed E-state index contributed by atoms with van der Waals surface area (Å²) in [4.78, 5) is 45.8. The number of halogens is 5. The van der Waals surface area contributed by atoms with Gasteiger partial charge in [0.05, 0.1) is 38.4 Å². The Morgan fingerprint density at radius 2 is 1.04 bits per heavy atom. The third-order valence-corrected chi connectivity index (χ3v) is 12.6. The molecule has 0 aliphatic carbocycles. The number of imidazole rings is 2. The lowest BCUT2D eigenvalue weighted by molar-refractivity contribution is -0.122. The molecule has 4 aromatic heterocycles. The van der Waals surface area contributed by atoms with E-state index in [0.717, 1.165) is 60.6 Å². The first-order chi connectivity index (χ1) is 33.9. The van der Waals surface area contributed by atoms with E-state index in [-0.39, 0.29) is 49.8 Å². The minimum Gasteiger partial charge on any atom is -0.379 e. The molecule has 9 rings (SSSR count). The van der Waals surface area contributed by atoms with Crippen LogP contribution in [-0.4, -0.2) is 72.1 Å². The summed E-state index contributed by atoms with van der Waals surface area (Å²) in [7, 11) is 0. The smallest absolute Gasteiger partial charge is 0.220 e. The van der Waals surface area contributed by atoms with Gasteiger partial charge in [0.2, 0.25) is 11.8 Å². The molecule has 0 spiro atoms. The van der Waals surface area contributed by atoms with Crippen LogP contribution in [0.5, 0.6) is 0 Å². The second-order valence-electron chi connectivity index (χ2n) is 17.2. The molecule has 4 aromatic carbocycles. The maximum Gasteiger partial charge on any atom is 0.220 e. The van der Waals surface area contributed by atoms with Crippen LogP contribution < -0.4 is 10.6 Å².